The summed E-state index contributed by atoms with van der Waals surface area (Å²) in [5.41, 5.74) is 1.56. The second-order valence-electron chi connectivity index (χ2n) is 6.70. The molecule has 0 bridgehead atoms. The lowest BCUT2D eigenvalue weighted by Crippen LogP contribution is -2.54. The lowest BCUT2D eigenvalue weighted by Gasteiger charge is -2.34. The molecule has 0 saturated carbocycles. The highest BCUT2D eigenvalue weighted by Gasteiger charge is 2.32. The summed E-state index contributed by atoms with van der Waals surface area (Å²) in [5.74, 6) is -0.393. The van der Waals surface area contributed by atoms with Crippen molar-refractivity contribution in [2.24, 2.45) is 5.16 Å². The third-order valence-corrected chi connectivity index (χ3v) is 4.93. The highest BCUT2D eigenvalue weighted by molar-refractivity contribution is 6.30. The molecule has 1 aromatic carbocycles. The predicted octanol–water partition coefficient (Wildman–Crippen LogP) is 1.11. The van der Waals surface area contributed by atoms with Crippen molar-refractivity contribution in [2.45, 2.75) is 25.5 Å². The first-order chi connectivity index (χ1) is 12.4. The first kappa shape index (κ1) is 18.7. The molecule has 1 N–H and O–H groups in total. The summed E-state index contributed by atoms with van der Waals surface area (Å²) in [6, 6.07) is 6.62. The Bertz CT molecular complexity index is 699. The second kappa shape index (κ2) is 8.05. The summed E-state index contributed by atoms with van der Waals surface area (Å²) < 4.78 is 0. The fraction of sp³-hybridized carbons (Fsp3) is 0.500. The van der Waals surface area contributed by atoms with Crippen LogP contribution in [0.2, 0.25) is 5.02 Å². The zero-order chi connectivity index (χ0) is 18.7. The summed E-state index contributed by atoms with van der Waals surface area (Å²) in [4.78, 5) is 34.1. The summed E-state index contributed by atoms with van der Waals surface area (Å²) in [5, 5.41) is 7.39. The van der Waals surface area contributed by atoms with Gasteiger partial charge < -0.3 is 20.0 Å². The molecule has 0 aromatic heterocycles. The number of halogens is 1. The van der Waals surface area contributed by atoms with E-state index in [1.165, 1.54) is 0 Å². The minimum atomic E-state index is -0.719. The third kappa shape index (κ3) is 4.34. The smallest absolute Gasteiger partial charge is 0.264 e. The van der Waals surface area contributed by atoms with Crippen molar-refractivity contribution in [2.75, 3.05) is 33.2 Å². The van der Waals surface area contributed by atoms with Crippen molar-refractivity contribution >= 4 is 29.1 Å². The van der Waals surface area contributed by atoms with Gasteiger partial charge in [-0.3, -0.25) is 9.59 Å². The first-order valence-electron chi connectivity index (χ1n) is 8.70. The minimum Gasteiger partial charge on any atom is -0.382 e. The van der Waals surface area contributed by atoms with Crippen molar-refractivity contribution in [3.05, 3.63) is 34.9 Å². The monoisotopic (exact) mass is 378 g/mol. The number of nitrogens with one attached hydrogen (secondary N) is 1. The Morgan fingerprint density at radius 3 is 2.54 bits per heavy atom. The first-order valence-corrected chi connectivity index (χ1v) is 9.08. The van der Waals surface area contributed by atoms with E-state index in [2.05, 4.69) is 15.4 Å². The molecule has 140 valence electrons. The van der Waals surface area contributed by atoms with E-state index in [9.17, 15) is 9.59 Å². The molecular formula is C18H23ClN4O3. The number of carbonyl (C=O) groups is 2. The summed E-state index contributed by atoms with van der Waals surface area (Å²) in [7, 11) is 2.03. The van der Waals surface area contributed by atoms with Crippen LogP contribution < -0.4 is 5.32 Å². The third-order valence-electron chi connectivity index (χ3n) is 4.68. The molecule has 3 rings (SSSR count). The van der Waals surface area contributed by atoms with Crippen molar-refractivity contribution in [1.29, 1.82) is 0 Å². The number of likely N-dealkylation sites (N-methyl/N-ethyl adjacent to an activating group) is 1. The maximum Gasteiger partial charge on any atom is 0.264 e. The van der Waals surface area contributed by atoms with Gasteiger partial charge in [-0.1, -0.05) is 28.9 Å². The highest BCUT2D eigenvalue weighted by Crippen LogP contribution is 2.19. The lowest BCUT2D eigenvalue weighted by molar-refractivity contribution is -0.140. The standard InChI is InChI=1S/C18H23ClN4O3/c1-12(18(25)23-9-7-22(2)8-10-23)20-17(24)16-11-15(21-26-16)13-3-5-14(19)6-4-13/h3-6,12,16H,7-11H2,1-2H3,(H,20,24)/t12-,16-/m0/s1. The molecule has 8 heteroatoms. The van der Waals surface area contributed by atoms with Crippen LogP contribution in [0.4, 0.5) is 0 Å². The number of hydrogen-bond acceptors (Lipinski definition) is 5. The van der Waals surface area contributed by atoms with Crippen LogP contribution in [0, 0.1) is 0 Å². The van der Waals surface area contributed by atoms with Crippen LogP contribution in [0.5, 0.6) is 0 Å². The summed E-state index contributed by atoms with van der Waals surface area (Å²) >= 11 is 5.88. The van der Waals surface area contributed by atoms with Gasteiger partial charge in [-0.15, -0.1) is 0 Å². The second-order valence-corrected chi connectivity index (χ2v) is 7.14. The van der Waals surface area contributed by atoms with Crippen LogP contribution in [0.3, 0.4) is 0 Å². The Morgan fingerprint density at radius 2 is 1.88 bits per heavy atom. The maximum absolute atomic E-state index is 12.5. The molecule has 2 heterocycles. The van der Waals surface area contributed by atoms with E-state index in [0.717, 1.165) is 18.7 Å². The number of oxime groups is 1. The molecule has 0 radical (unpaired) electrons. The Kier molecular flexibility index (Phi) is 5.78. The predicted molar refractivity (Wildman–Crippen MR) is 99.2 cm³/mol. The van der Waals surface area contributed by atoms with E-state index >= 15 is 0 Å². The van der Waals surface area contributed by atoms with Crippen molar-refractivity contribution in [3.63, 3.8) is 0 Å². The molecule has 2 aliphatic heterocycles. The molecule has 1 saturated heterocycles. The number of hydrogen-bond donors (Lipinski definition) is 1. The van der Waals surface area contributed by atoms with Gasteiger partial charge in [0.25, 0.3) is 5.91 Å². The average Bonchev–Trinajstić information content (AvgIpc) is 3.12. The zero-order valence-electron chi connectivity index (χ0n) is 14.9. The molecular weight excluding hydrogens is 356 g/mol. The Hall–Kier alpha value is -2.12. The van der Waals surface area contributed by atoms with Gasteiger partial charge in [0.05, 0.1) is 5.71 Å². The van der Waals surface area contributed by atoms with Gasteiger partial charge in [0.2, 0.25) is 12.0 Å². The quantitative estimate of drug-likeness (QED) is 0.851. The van der Waals surface area contributed by atoms with Gasteiger partial charge in [-0.05, 0) is 31.7 Å². The topological polar surface area (TPSA) is 74.2 Å². The Labute approximate surface area is 157 Å². The van der Waals surface area contributed by atoms with E-state index < -0.39 is 12.1 Å². The molecule has 2 atom stereocenters. The zero-order valence-corrected chi connectivity index (χ0v) is 15.7. The molecule has 0 spiro atoms. The van der Waals surface area contributed by atoms with Gasteiger partial charge in [-0.25, -0.2) is 0 Å². The molecule has 26 heavy (non-hydrogen) atoms. The Morgan fingerprint density at radius 1 is 1.23 bits per heavy atom. The fourth-order valence-corrected chi connectivity index (χ4v) is 3.13. The maximum atomic E-state index is 12.5. The van der Waals surface area contributed by atoms with E-state index in [0.29, 0.717) is 30.2 Å². The average molecular weight is 379 g/mol. The normalized spacial score (nSPS) is 21.7. The van der Waals surface area contributed by atoms with Gasteiger partial charge in [0.15, 0.2) is 0 Å². The number of carbonyl (C=O) groups excluding carboxylic acids is 2. The fourth-order valence-electron chi connectivity index (χ4n) is 3.00. The van der Waals surface area contributed by atoms with Crippen LogP contribution >= 0.6 is 11.6 Å². The number of benzene rings is 1. The summed E-state index contributed by atoms with van der Waals surface area (Å²) in [6.07, 6.45) is -0.355. The van der Waals surface area contributed by atoms with Crippen LogP contribution in [0.1, 0.15) is 18.9 Å². The van der Waals surface area contributed by atoms with Crippen molar-refractivity contribution in [3.8, 4) is 0 Å². The number of rotatable bonds is 4. The van der Waals surface area contributed by atoms with Gasteiger partial charge in [-0.2, -0.15) is 0 Å². The minimum absolute atomic E-state index is 0.0664. The van der Waals surface area contributed by atoms with E-state index in [4.69, 9.17) is 16.4 Å². The van der Waals surface area contributed by atoms with Gasteiger partial charge in [0.1, 0.15) is 6.04 Å². The molecule has 0 unspecified atom stereocenters. The van der Waals surface area contributed by atoms with Gasteiger partial charge in [0, 0.05) is 37.6 Å². The van der Waals surface area contributed by atoms with Crippen LogP contribution in [0.15, 0.2) is 29.4 Å². The summed E-state index contributed by atoms with van der Waals surface area (Å²) in [6.45, 7) is 4.75. The SMILES string of the molecule is C[C@H](NC(=O)[C@@H]1CC(c2ccc(Cl)cc2)=NO1)C(=O)N1CCN(C)CC1. The number of nitrogens with zero attached hydrogens (tertiary/aromatic N) is 3. The van der Waals surface area contributed by atoms with Crippen LogP contribution in [-0.4, -0.2) is 72.7 Å². The molecule has 0 aliphatic carbocycles. The molecule has 1 aromatic rings. The van der Waals surface area contributed by atoms with E-state index in [1.807, 2.05) is 19.2 Å². The number of amides is 2. The molecule has 7 nitrogen and oxygen atoms in total. The van der Waals surface area contributed by atoms with E-state index in [-0.39, 0.29) is 11.8 Å². The van der Waals surface area contributed by atoms with Gasteiger partial charge >= 0.3 is 0 Å². The van der Waals surface area contributed by atoms with Crippen LogP contribution in [0.25, 0.3) is 0 Å². The van der Waals surface area contributed by atoms with E-state index in [1.54, 1.807) is 24.0 Å². The largest absolute Gasteiger partial charge is 0.382 e. The molecule has 2 amide bonds. The molecule has 1 fully saturated rings. The number of piperazine rings is 1. The van der Waals surface area contributed by atoms with Crippen molar-refractivity contribution in [1.82, 2.24) is 15.1 Å². The highest BCUT2D eigenvalue weighted by atomic mass is 35.5. The lowest BCUT2D eigenvalue weighted by atomic mass is 10.0. The Balaban J connectivity index is 1.51. The molecule has 2 aliphatic rings. The van der Waals surface area contributed by atoms with Crippen molar-refractivity contribution < 1.29 is 14.4 Å². The van der Waals surface area contributed by atoms with Crippen LogP contribution in [-0.2, 0) is 14.4 Å².